The van der Waals surface area contributed by atoms with Crippen LogP contribution in [0.1, 0.15) is 24.3 Å². The molecule has 0 amide bonds. The van der Waals surface area contributed by atoms with E-state index in [0.29, 0.717) is 5.56 Å². The third-order valence-corrected chi connectivity index (χ3v) is 2.55. The van der Waals surface area contributed by atoms with Crippen LogP contribution >= 0.6 is 0 Å². The van der Waals surface area contributed by atoms with Gasteiger partial charge >= 0.3 is 12.0 Å². The Balaban J connectivity index is 2.22. The van der Waals surface area contributed by atoms with Crippen molar-refractivity contribution in [2.75, 3.05) is 7.11 Å². The molecule has 1 aliphatic carbocycles. The second kappa shape index (κ2) is 3.84. The molecule has 80 valence electrons. The summed E-state index contributed by atoms with van der Waals surface area (Å²) in [5.74, 6) is -1.01. The van der Waals surface area contributed by atoms with E-state index in [1.54, 1.807) is 0 Å². The second-order valence-corrected chi connectivity index (χ2v) is 3.66. The van der Waals surface area contributed by atoms with Gasteiger partial charge < -0.3 is 9.84 Å². The van der Waals surface area contributed by atoms with Crippen LogP contribution in [0.3, 0.4) is 0 Å². The Morgan fingerprint density at radius 1 is 1.53 bits per heavy atom. The maximum absolute atomic E-state index is 11.0. The number of hydrogen-bond acceptors (Lipinski definition) is 4. The number of carboxylic acids is 1. The van der Waals surface area contributed by atoms with Gasteiger partial charge in [0.25, 0.3) is 0 Å². The van der Waals surface area contributed by atoms with Crippen molar-refractivity contribution in [3.8, 4) is 6.01 Å². The minimum atomic E-state index is -0.800. The Kier molecular flexibility index (Phi) is 2.53. The summed E-state index contributed by atoms with van der Waals surface area (Å²) in [6, 6.07) is 0.263. The van der Waals surface area contributed by atoms with Crippen LogP contribution in [-0.4, -0.2) is 28.2 Å². The first-order chi connectivity index (χ1) is 7.22. The van der Waals surface area contributed by atoms with Crippen LogP contribution in [-0.2, 0) is 4.79 Å². The first kappa shape index (κ1) is 9.89. The lowest BCUT2D eigenvalue weighted by atomic mass is 9.97. The fourth-order valence-corrected chi connectivity index (χ4v) is 1.64. The molecule has 0 saturated heterocycles. The van der Waals surface area contributed by atoms with Crippen LogP contribution in [0.2, 0.25) is 0 Å². The van der Waals surface area contributed by atoms with Crippen molar-refractivity contribution in [1.82, 2.24) is 9.97 Å². The number of rotatable bonds is 4. The van der Waals surface area contributed by atoms with E-state index in [9.17, 15) is 4.79 Å². The monoisotopic (exact) mass is 208 g/mol. The zero-order valence-electron chi connectivity index (χ0n) is 8.38. The molecule has 0 bridgehead atoms. The Morgan fingerprint density at radius 2 is 2.13 bits per heavy atom. The maximum atomic E-state index is 11.0. The molecule has 2 rings (SSSR count). The van der Waals surface area contributed by atoms with E-state index < -0.39 is 11.9 Å². The highest BCUT2D eigenvalue weighted by Gasteiger charge is 2.37. The number of carboxylic acid groups (broad SMARTS) is 1. The van der Waals surface area contributed by atoms with Gasteiger partial charge in [-0.1, -0.05) is 0 Å². The smallest absolute Gasteiger partial charge is 0.316 e. The molecule has 5 heteroatoms. The average molecular weight is 208 g/mol. The highest BCUT2D eigenvalue weighted by atomic mass is 16.5. The fraction of sp³-hybridized carbons (Fsp3) is 0.500. The highest BCUT2D eigenvalue weighted by molar-refractivity contribution is 5.76. The van der Waals surface area contributed by atoms with Crippen molar-refractivity contribution >= 4 is 5.97 Å². The van der Waals surface area contributed by atoms with Crippen LogP contribution < -0.4 is 4.74 Å². The first-order valence-electron chi connectivity index (χ1n) is 4.81. The van der Waals surface area contributed by atoms with E-state index in [2.05, 4.69) is 9.97 Å². The zero-order valence-corrected chi connectivity index (χ0v) is 8.38. The van der Waals surface area contributed by atoms with Gasteiger partial charge in [-0.2, -0.15) is 0 Å². The molecular weight excluding hydrogens is 196 g/mol. The Labute approximate surface area is 87.1 Å². The van der Waals surface area contributed by atoms with Gasteiger partial charge in [-0.3, -0.25) is 4.79 Å². The number of methoxy groups -OCH3 is 1. The van der Waals surface area contributed by atoms with Gasteiger partial charge in [-0.05, 0) is 18.8 Å². The van der Waals surface area contributed by atoms with E-state index in [4.69, 9.17) is 9.84 Å². The van der Waals surface area contributed by atoms with Crippen LogP contribution in [0.15, 0.2) is 12.4 Å². The Bertz CT molecular complexity index is 359. The molecular formula is C10H12N2O3. The molecule has 15 heavy (non-hydrogen) atoms. The summed E-state index contributed by atoms with van der Waals surface area (Å²) < 4.78 is 4.82. The standard InChI is InChI=1S/C10H12N2O3/c1-15-10-11-4-7(5-12-10)8(9(13)14)6-2-3-6/h4-6,8H,2-3H2,1H3,(H,13,14). The van der Waals surface area contributed by atoms with Crippen LogP contribution in [0.4, 0.5) is 0 Å². The van der Waals surface area contributed by atoms with Gasteiger partial charge in [0.05, 0.1) is 13.0 Å². The van der Waals surface area contributed by atoms with Crippen molar-refractivity contribution in [2.45, 2.75) is 18.8 Å². The Hall–Kier alpha value is -1.65. The molecule has 1 aromatic heterocycles. The third-order valence-electron chi connectivity index (χ3n) is 2.55. The number of hydrogen-bond donors (Lipinski definition) is 1. The second-order valence-electron chi connectivity index (χ2n) is 3.66. The molecule has 0 aliphatic heterocycles. The molecule has 1 fully saturated rings. The van der Waals surface area contributed by atoms with E-state index in [1.807, 2.05) is 0 Å². The summed E-state index contributed by atoms with van der Waals surface area (Å²) >= 11 is 0. The van der Waals surface area contributed by atoms with Crippen molar-refractivity contribution in [2.24, 2.45) is 5.92 Å². The van der Waals surface area contributed by atoms with E-state index in [1.165, 1.54) is 19.5 Å². The minimum Gasteiger partial charge on any atom is -0.481 e. The number of nitrogens with zero attached hydrogens (tertiary/aromatic N) is 2. The quantitative estimate of drug-likeness (QED) is 0.801. The number of carbonyl (C=O) groups is 1. The Morgan fingerprint density at radius 3 is 2.53 bits per heavy atom. The molecule has 0 spiro atoms. The van der Waals surface area contributed by atoms with E-state index in [-0.39, 0.29) is 11.9 Å². The molecule has 1 N–H and O–H groups in total. The molecule has 1 atom stereocenters. The van der Waals surface area contributed by atoms with E-state index >= 15 is 0 Å². The summed E-state index contributed by atoms with van der Waals surface area (Å²) in [6.07, 6.45) is 5.01. The lowest BCUT2D eigenvalue weighted by Gasteiger charge is -2.10. The molecule has 1 unspecified atom stereocenters. The summed E-state index contributed by atoms with van der Waals surface area (Å²) in [7, 11) is 1.48. The lowest BCUT2D eigenvalue weighted by molar-refractivity contribution is -0.139. The normalized spacial score (nSPS) is 17.1. The zero-order chi connectivity index (χ0) is 10.8. The highest BCUT2D eigenvalue weighted by Crippen LogP contribution is 2.42. The van der Waals surface area contributed by atoms with Gasteiger partial charge in [0.15, 0.2) is 0 Å². The molecule has 1 saturated carbocycles. The predicted octanol–water partition coefficient (Wildman–Crippen LogP) is 1.06. The molecule has 1 aromatic rings. The minimum absolute atomic E-state index is 0.250. The topological polar surface area (TPSA) is 72.3 Å². The molecule has 0 aromatic carbocycles. The maximum Gasteiger partial charge on any atom is 0.316 e. The SMILES string of the molecule is COc1ncc(C(C(=O)O)C2CC2)cn1. The predicted molar refractivity (Wildman–Crippen MR) is 51.7 cm³/mol. The fourth-order valence-electron chi connectivity index (χ4n) is 1.64. The summed E-state index contributed by atoms with van der Waals surface area (Å²) in [5.41, 5.74) is 0.658. The van der Waals surface area contributed by atoms with Gasteiger partial charge in [0.2, 0.25) is 0 Å². The van der Waals surface area contributed by atoms with Gasteiger partial charge in [-0.15, -0.1) is 0 Å². The first-order valence-corrected chi connectivity index (χ1v) is 4.81. The van der Waals surface area contributed by atoms with Crippen LogP contribution in [0.25, 0.3) is 0 Å². The van der Waals surface area contributed by atoms with Crippen molar-refractivity contribution in [3.63, 3.8) is 0 Å². The number of ether oxygens (including phenoxy) is 1. The summed E-state index contributed by atoms with van der Waals surface area (Å²) in [6.45, 7) is 0. The number of aromatic nitrogens is 2. The molecule has 5 nitrogen and oxygen atoms in total. The lowest BCUT2D eigenvalue weighted by Crippen LogP contribution is -2.14. The van der Waals surface area contributed by atoms with Crippen LogP contribution in [0, 0.1) is 5.92 Å². The van der Waals surface area contributed by atoms with Crippen LogP contribution in [0.5, 0.6) is 6.01 Å². The molecule has 1 aliphatic rings. The van der Waals surface area contributed by atoms with Crippen molar-refractivity contribution in [1.29, 1.82) is 0 Å². The molecule has 1 heterocycles. The third kappa shape index (κ3) is 2.06. The van der Waals surface area contributed by atoms with Crippen molar-refractivity contribution in [3.05, 3.63) is 18.0 Å². The number of aliphatic carboxylic acids is 1. The van der Waals surface area contributed by atoms with Gasteiger partial charge in [0.1, 0.15) is 0 Å². The van der Waals surface area contributed by atoms with E-state index in [0.717, 1.165) is 12.8 Å². The van der Waals surface area contributed by atoms with Gasteiger partial charge in [0, 0.05) is 18.0 Å². The average Bonchev–Trinajstić information content (AvgIpc) is 3.03. The molecule has 0 radical (unpaired) electrons. The summed E-state index contributed by atoms with van der Waals surface area (Å²) in [5, 5.41) is 9.08. The van der Waals surface area contributed by atoms with Crippen molar-refractivity contribution < 1.29 is 14.6 Å². The van der Waals surface area contributed by atoms with Gasteiger partial charge in [-0.25, -0.2) is 9.97 Å². The summed E-state index contributed by atoms with van der Waals surface area (Å²) in [4.78, 5) is 18.9. The largest absolute Gasteiger partial charge is 0.481 e.